The molecule has 0 unspecified atom stereocenters. The molecule has 4 N–H and O–H groups in total. The molecule has 10 aromatic rings. The van der Waals surface area contributed by atoms with E-state index in [1.807, 2.05) is 165 Å². The van der Waals surface area contributed by atoms with E-state index >= 15 is 0 Å². The summed E-state index contributed by atoms with van der Waals surface area (Å²) in [5, 5.41) is 40.3. The Morgan fingerprint density at radius 1 is 0.427 bits per heavy atom. The highest BCUT2D eigenvalue weighted by Gasteiger charge is 2.36. The van der Waals surface area contributed by atoms with Crippen molar-refractivity contribution >= 4 is 80.7 Å². The fourth-order valence-electron chi connectivity index (χ4n) is 9.04. The monoisotopic (exact) mass is 1600 g/mol. The Morgan fingerprint density at radius 3 is 1.33 bits per heavy atom. The lowest BCUT2D eigenvalue weighted by Gasteiger charge is -2.12. The fraction of sp³-hybridized carbons (Fsp3) is 0.282. The number of amides is 1. The van der Waals surface area contributed by atoms with Crippen molar-refractivity contribution in [2.24, 2.45) is 5.73 Å². The van der Waals surface area contributed by atoms with Crippen molar-refractivity contribution in [1.82, 2.24) is 0 Å². The number of para-hydroxylation sites is 2. The van der Waals surface area contributed by atoms with E-state index in [4.69, 9.17) is 61.6 Å². The maximum absolute atomic E-state index is 12.2. The molecule has 0 saturated carbocycles. The number of anilines is 2. The van der Waals surface area contributed by atoms with Crippen molar-refractivity contribution < 1.29 is 55.4 Å². The summed E-state index contributed by atoms with van der Waals surface area (Å²) in [4.78, 5) is 40.8. The zero-order valence-electron chi connectivity index (χ0n) is 64.7. The molecule has 0 fully saturated rings. The minimum absolute atomic E-state index is 0.0244. The Hall–Kier alpha value is -10.0. The second-order valence-electron chi connectivity index (χ2n) is 24.8. The predicted molar refractivity (Wildman–Crippen MR) is 439 cm³/mol. The molecule has 25 heteroatoms. The third-order valence-electron chi connectivity index (χ3n) is 15.1. The summed E-state index contributed by atoms with van der Waals surface area (Å²) in [7, 11) is 1.68. The number of rotatable bonds is 13. The number of methoxy groups -OCH3 is 1. The van der Waals surface area contributed by atoms with Crippen LogP contribution in [0.3, 0.4) is 0 Å². The zero-order valence-corrected chi connectivity index (χ0v) is 67.8. The van der Waals surface area contributed by atoms with Gasteiger partial charge in [-0.25, -0.2) is 0 Å². The Balaban J connectivity index is 0.000000615. The van der Waals surface area contributed by atoms with E-state index in [-0.39, 0.29) is 44.4 Å². The van der Waals surface area contributed by atoms with Crippen LogP contribution < -0.4 is 25.8 Å². The third kappa shape index (κ3) is 41.0. The molecule has 592 valence electrons. The predicted octanol–water partition coefficient (Wildman–Crippen LogP) is 26.2. The number of alkyl halides is 6. The number of benzene rings is 10. The second-order valence-corrected chi connectivity index (χ2v) is 26.5. The number of hydrogen-bond acceptors (Lipinski definition) is 11. The largest absolute Gasteiger partial charge is 0.496 e. The fourth-order valence-corrected chi connectivity index (χ4v) is 9.76. The van der Waals surface area contributed by atoms with Crippen molar-refractivity contribution in [3.8, 4) is 11.5 Å². The lowest BCUT2D eigenvalue weighted by molar-refractivity contribution is -0.386. The minimum Gasteiger partial charge on any atom is -0.496 e. The first-order valence-corrected chi connectivity index (χ1v) is 35.9. The highest BCUT2D eigenvalue weighted by atomic mass is 35.5. The maximum atomic E-state index is 12.2. The number of halogens is 10. The molecule has 110 heavy (non-hydrogen) atoms. The molecule has 0 spiro atoms. The van der Waals surface area contributed by atoms with Gasteiger partial charge in [-0.05, 0) is 251 Å². The van der Waals surface area contributed by atoms with Crippen LogP contribution in [0.2, 0.25) is 20.1 Å². The van der Waals surface area contributed by atoms with Gasteiger partial charge in [0.05, 0.1) is 49.7 Å². The summed E-state index contributed by atoms with van der Waals surface area (Å²) < 4.78 is 83.2. The molecule has 0 radical (unpaired) electrons. The van der Waals surface area contributed by atoms with Crippen molar-refractivity contribution in [3.63, 3.8) is 0 Å². The number of nitrogens with two attached hydrogens (primary N) is 1. The van der Waals surface area contributed by atoms with Gasteiger partial charge < -0.3 is 25.8 Å². The van der Waals surface area contributed by atoms with Gasteiger partial charge in [0.1, 0.15) is 5.75 Å². The average Bonchev–Trinajstić information content (AvgIpc) is 0.813. The number of carbonyl (C=O) groups is 1. The van der Waals surface area contributed by atoms with Crippen LogP contribution in [-0.2, 0) is 17.1 Å². The van der Waals surface area contributed by atoms with Crippen molar-refractivity contribution in [3.05, 3.63) is 340 Å². The Labute approximate surface area is 662 Å². The van der Waals surface area contributed by atoms with E-state index in [1.165, 1.54) is 78.4 Å². The molecule has 0 bridgehead atoms. The van der Waals surface area contributed by atoms with Crippen LogP contribution in [0, 0.1) is 120 Å². The van der Waals surface area contributed by atoms with E-state index in [0.29, 0.717) is 40.1 Å². The van der Waals surface area contributed by atoms with Crippen LogP contribution in [0.5, 0.6) is 11.5 Å². The summed E-state index contributed by atoms with van der Waals surface area (Å²) in [6.45, 7) is 30.2. The van der Waals surface area contributed by atoms with Crippen LogP contribution in [0.4, 0.5) is 54.8 Å². The van der Waals surface area contributed by atoms with Crippen molar-refractivity contribution in [2.75, 3.05) is 37.4 Å². The molecular weight excluding hydrogens is 1500 g/mol. The number of nitro groups is 3. The minimum atomic E-state index is -4.76. The van der Waals surface area contributed by atoms with Crippen molar-refractivity contribution in [1.29, 1.82) is 0 Å². The number of aryl methyl sites for hydroxylation is 12. The molecule has 0 aliphatic heterocycles. The molecule has 15 nitrogen and oxygen atoms in total. The highest BCUT2D eigenvalue weighted by molar-refractivity contribution is 6.42. The van der Waals surface area contributed by atoms with Gasteiger partial charge in [0.25, 0.3) is 11.4 Å². The zero-order chi connectivity index (χ0) is 83.4. The van der Waals surface area contributed by atoms with E-state index in [0.717, 1.165) is 74.4 Å². The summed E-state index contributed by atoms with van der Waals surface area (Å²) >= 11 is 22.6. The normalized spacial score (nSPS) is 10.1. The molecule has 0 aromatic heterocycles. The topological polar surface area (TPSA) is 215 Å². The summed E-state index contributed by atoms with van der Waals surface area (Å²) in [5.74, 6) is 1.26. The highest BCUT2D eigenvalue weighted by Crippen LogP contribution is 2.36. The molecule has 0 atom stereocenters. The summed E-state index contributed by atoms with van der Waals surface area (Å²) in [6, 6.07) is 59.6. The number of unbranched alkanes of at least 4 members (excludes halogenated alkanes) is 2. The number of nitrogens with zero attached hydrogens (tertiary/aromatic N) is 3. The quantitative estimate of drug-likeness (QED) is 0.0427. The number of carbonyl (C=O) groups excluding carboxylic acids is 1. The summed E-state index contributed by atoms with van der Waals surface area (Å²) in [5.41, 5.74) is 18.3. The van der Waals surface area contributed by atoms with Crippen LogP contribution in [0.15, 0.2) is 206 Å². The molecule has 10 rings (SSSR count). The Kier molecular flexibility index (Phi) is 45.8. The van der Waals surface area contributed by atoms with E-state index in [2.05, 4.69) is 42.7 Å². The number of nitrogens with one attached hydrogen (secondary N) is 2. The standard InChI is InChI=1S/C13H22N2.C10H13NO.C9H6F6.C9H11NO3.C8H9NO2.C8H10O.C7H6Cl2.2C7H7Cl.C7H7NO2/c1-11-6-7-12(2)13(10-11)15-9-5-3-4-8-14;1-7-4-5-8(2)10(6-7)11-9(3)12;1-5-2-6(8(10,11)12)4-7(3-5)9(13,14)15;1-3-13-9-5-4-7(2)6-8(9)10(11)12;1-6-4-3-5-8(7(6)2)9(10)11;1-7-5-3-4-6-8(7)9-2;1-5-2-3-6(8)7(9)4-5;1-6-2-4-7(8)5-3-6;1-6-3-2-4-7(8)5-6;1-6-4-2-3-5-7(6)8(9)10/h6-7,10,15H,3-5,8-9,14H2,1-2H3;4-6H,1-3H3,(H,11,12);2-4H,1H3;4-6H,3H2,1-2H3;3-5H,1-2H3;3-6H,1-2H3;2-4H,1H3;2*2-5H,1H3;2-5H,1H3. The van der Waals surface area contributed by atoms with Crippen LogP contribution in [-0.4, -0.2) is 47.5 Å². The lowest BCUT2D eigenvalue weighted by Crippen LogP contribution is -2.11. The molecule has 0 aliphatic carbocycles. The molecular formula is C85H98Cl4F6N6O9. The van der Waals surface area contributed by atoms with Gasteiger partial charge in [0.2, 0.25) is 5.91 Å². The third-order valence-corrected chi connectivity index (χ3v) is 16.3. The SMILES string of the molecule is CC(=O)Nc1cc(C)ccc1C.CCOc1ccc(C)cc1[N+](=O)[O-].COc1ccccc1C.Cc1cc(C(F)(F)F)cc(C(F)(F)F)c1.Cc1ccc(C)c(NCCCCCN)c1.Cc1ccc(Cl)c(Cl)c1.Cc1ccc(Cl)cc1.Cc1cccc(Cl)c1.Cc1cccc([N+](=O)[O-])c1C.Cc1ccccc1[N+](=O)[O-]. The number of ether oxygens (including phenoxy) is 2. The molecule has 0 saturated heterocycles. The van der Waals surface area contributed by atoms with Gasteiger partial charge in [0, 0.05) is 64.2 Å². The van der Waals surface area contributed by atoms with Crippen molar-refractivity contribution in [2.45, 2.75) is 135 Å². The maximum Gasteiger partial charge on any atom is 0.416 e. The van der Waals surface area contributed by atoms with E-state index < -0.39 is 28.4 Å². The van der Waals surface area contributed by atoms with Gasteiger partial charge in [0.15, 0.2) is 5.75 Å². The van der Waals surface area contributed by atoms with Gasteiger partial charge in [-0.15, -0.1) is 0 Å². The first-order valence-electron chi connectivity index (χ1n) is 34.4. The first-order chi connectivity index (χ1) is 51.5. The van der Waals surface area contributed by atoms with Crippen LogP contribution >= 0.6 is 46.4 Å². The average molecular weight is 1600 g/mol. The van der Waals surface area contributed by atoms with Crippen LogP contribution in [0.25, 0.3) is 0 Å². The molecule has 0 aliphatic rings. The van der Waals surface area contributed by atoms with Gasteiger partial charge in [-0.3, -0.25) is 35.1 Å². The Bertz CT molecular complexity index is 4420. The molecule has 10 aromatic carbocycles. The van der Waals surface area contributed by atoms with Gasteiger partial charge >= 0.3 is 18.0 Å². The van der Waals surface area contributed by atoms with E-state index in [1.54, 1.807) is 70.3 Å². The lowest BCUT2D eigenvalue weighted by atomic mass is 10.1. The number of nitro benzene ring substituents is 3. The van der Waals surface area contributed by atoms with Gasteiger partial charge in [-0.2, -0.15) is 26.3 Å². The summed E-state index contributed by atoms with van der Waals surface area (Å²) in [6.07, 6.45) is -5.97. The molecule has 0 heterocycles. The first kappa shape index (κ1) is 98.0. The van der Waals surface area contributed by atoms with E-state index in [9.17, 15) is 61.5 Å². The van der Waals surface area contributed by atoms with Crippen LogP contribution in [0.1, 0.15) is 117 Å². The Morgan fingerprint density at radius 2 is 0.891 bits per heavy atom. The second kappa shape index (κ2) is 51.4. The van der Waals surface area contributed by atoms with Gasteiger partial charge in [-0.1, -0.05) is 168 Å². The number of hydrogen-bond donors (Lipinski definition) is 3. The molecule has 1 amide bonds. The smallest absolute Gasteiger partial charge is 0.416 e.